The van der Waals surface area contributed by atoms with Gasteiger partial charge in [-0.1, -0.05) is 12.2 Å². The van der Waals surface area contributed by atoms with Crippen molar-refractivity contribution in [2.45, 2.75) is 6.42 Å². The van der Waals surface area contributed by atoms with Crippen molar-refractivity contribution in [1.82, 2.24) is 4.90 Å². The lowest BCUT2D eigenvalue weighted by molar-refractivity contribution is 0.0387. The van der Waals surface area contributed by atoms with Crippen molar-refractivity contribution in [3.8, 4) is 0 Å². The third-order valence-corrected chi connectivity index (χ3v) is 1.99. The van der Waals surface area contributed by atoms with Crippen LogP contribution in [-0.2, 0) is 4.74 Å². The van der Waals surface area contributed by atoms with E-state index in [9.17, 15) is 0 Å². The second kappa shape index (κ2) is 6.17. The molecule has 0 saturated carbocycles. The molecular weight excluding hydrogens is 154 g/mol. The fourth-order valence-electron chi connectivity index (χ4n) is 1.27. The quantitative estimate of drug-likeness (QED) is 0.616. The lowest BCUT2D eigenvalue weighted by Crippen LogP contribution is -2.36. The van der Waals surface area contributed by atoms with Crippen LogP contribution in [0, 0.1) is 0 Å². The van der Waals surface area contributed by atoms with Gasteiger partial charge in [0.1, 0.15) is 0 Å². The number of hydrogen-bond donors (Lipinski definition) is 1. The van der Waals surface area contributed by atoms with Crippen LogP contribution in [0.25, 0.3) is 0 Å². The molecule has 70 valence electrons. The summed E-state index contributed by atoms with van der Waals surface area (Å²) in [4.78, 5) is 2.38. The Morgan fingerprint density at radius 1 is 1.25 bits per heavy atom. The largest absolute Gasteiger partial charge is 0.392 e. The maximum absolute atomic E-state index is 8.48. The number of morpholine rings is 1. The number of nitrogens with zero attached hydrogens (tertiary/aromatic N) is 1. The third-order valence-electron chi connectivity index (χ3n) is 1.99. The van der Waals surface area contributed by atoms with E-state index in [1.165, 1.54) is 0 Å². The van der Waals surface area contributed by atoms with Gasteiger partial charge in [0.05, 0.1) is 19.8 Å². The summed E-state index contributed by atoms with van der Waals surface area (Å²) in [6.45, 7) is 5.07. The second-order valence-electron chi connectivity index (χ2n) is 2.90. The van der Waals surface area contributed by atoms with Crippen molar-refractivity contribution in [3.05, 3.63) is 12.2 Å². The molecule has 0 aromatic carbocycles. The molecule has 1 aliphatic heterocycles. The van der Waals surface area contributed by atoms with Gasteiger partial charge in [-0.05, 0) is 6.42 Å². The molecule has 1 heterocycles. The molecule has 1 N–H and O–H groups in total. The van der Waals surface area contributed by atoms with Gasteiger partial charge >= 0.3 is 0 Å². The van der Waals surface area contributed by atoms with Crippen molar-refractivity contribution < 1.29 is 9.84 Å². The number of ether oxygens (including phenoxy) is 1. The molecule has 0 aromatic heterocycles. The van der Waals surface area contributed by atoms with E-state index in [-0.39, 0.29) is 6.61 Å². The summed E-state index contributed by atoms with van der Waals surface area (Å²) in [5.41, 5.74) is 0. The van der Waals surface area contributed by atoms with Gasteiger partial charge < -0.3 is 9.84 Å². The van der Waals surface area contributed by atoms with Crippen molar-refractivity contribution in [2.24, 2.45) is 0 Å². The minimum atomic E-state index is 0.156. The molecule has 0 spiro atoms. The SMILES string of the molecule is OC/C=C\CCN1CCOCC1. The Morgan fingerprint density at radius 2 is 2.00 bits per heavy atom. The van der Waals surface area contributed by atoms with Crippen LogP contribution in [0.5, 0.6) is 0 Å². The number of hydrogen-bond acceptors (Lipinski definition) is 3. The molecule has 1 aliphatic rings. The zero-order chi connectivity index (χ0) is 8.65. The van der Waals surface area contributed by atoms with E-state index in [2.05, 4.69) is 4.90 Å². The van der Waals surface area contributed by atoms with E-state index < -0.39 is 0 Å². The number of aliphatic hydroxyl groups excluding tert-OH is 1. The lowest BCUT2D eigenvalue weighted by atomic mass is 10.3. The average molecular weight is 171 g/mol. The first kappa shape index (κ1) is 9.71. The molecule has 0 unspecified atom stereocenters. The van der Waals surface area contributed by atoms with Crippen LogP contribution in [0.15, 0.2) is 12.2 Å². The smallest absolute Gasteiger partial charge is 0.0612 e. The summed E-state index contributed by atoms with van der Waals surface area (Å²) in [6, 6.07) is 0. The van der Waals surface area contributed by atoms with Crippen molar-refractivity contribution in [2.75, 3.05) is 39.5 Å². The van der Waals surface area contributed by atoms with E-state index in [1.807, 2.05) is 6.08 Å². The Kier molecular flexibility index (Phi) is 4.99. The molecule has 1 fully saturated rings. The predicted molar refractivity (Wildman–Crippen MR) is 48.1 cm³/mol. The highest BCUT2D eigenvalue weighted by molar-refractivity contribution is 4.82. The topological polar surface area (TPSA) is 32.7 Å². The van der Waals surface area contributed by atoms with E-state index in [4.69, 9.17) is 9.84 Å². The van der Waals surface area contributed by atoms with E-state index in [1.54, 1.807) is 6.08 Å². The highest BCUT2D eigenvalue weighted by Gasteiger charge is 2.07. The summed E-state index contributed by atoms with van der Waals surface area (Å²) in [5, 5.41) is 8.48. The van der Waals surface area contributed by atoms with Crippen molar-refractivity contribution >= 4 is 0 Å². The standard InChI is InChI=1S/C9H17NO2/c11-7-3-1-2-4-10-5-8-12-9-6-10/h1,3,11H,2,4-9H2/b3-1-. The molecule has 3 nitrogen and oxygen atoms in total. The first-order valence-corrected chi connectivity index (χ1v) is 4.49. The summed E-state index contributed by atoms with van der Waals surface area (Å²) in [7, 11) is 0. The third kappa shape index (κ3) is 3.85. The maximum atomic E-state index is 8.48. The van der Waals surface area contributed by atoms with Gasteiger partial charge in [0.15, 0.2) is 0 Å². The van der Waals surface area contributed by atoms with Crippen LogP contribution in [0.1, 0.15) is 6.42 Å². The van der Waals surface area contributed by atoms with Gasteiger partial charge in [0.2, 0.25) is 0 Å². The molecule has 0 amide bonds. The van der Waals surface area contributed by atoms with Crippen LogP contribution >= 0.6 is 0 Å². The molecule has 1 rings (SSSR count). The van der Waals surface area contributed by atoms with Gasteiger partial charge in [-0.25, -0.2) is 0 Å². The molecule has 0 aliphatic carbocycles. The van der Waals surface area contributed by atoms with E-state index >= 15 is 0 Å². The van der Waals surface area contributed by atoms with Crippen LogP contribution in [-0.4, -0.2) is 49.5 Å². The van der Waals surface area contributed by atoms with E-state index in [0.717, 1.165) is 39.3 Å². The normalized spacial score (nSPS) is 20.4. The van der Waals surface area contributed by atoms with Crippen molar-refractivity contribution in [3.63, 3.8) is 0 Å². The predicted octanol–water partition coefficient (Wildman–Crippen LogP) is 0.257. The summed E-state index contributed by atoms with van der Waals surface area (Å²) in [5.74, 6) is 0. The minimum absolute atomic E-state index is 0.156. The van der Waals surface area contributed by atoms with Crippen molar-refractivity contribution in [1.29, 1.82) is 0 Å². The van der Waals surface area contributed by atoms with Crippen LogP contribution in [0.4, 0.5) is 0 Å². The molecule has 0 aromatic rings. The lowest BCUT2D eigenvalue weighted by Gasteiger charge is -2.25. The highest BCUT2D eigenvalue weighted by Crippen LogP contribution is 1.98. The van der Waals surface area contributed by atoms with E-state index in [0.29, 0.717) is 0 Å². The highest BCUT2D eigenvalue weighted by atomic mass is 16.5. The molecule has 1 saturated heterocycles. The van der Waals surface area contributed by atoms with Gasteiger partial charge in [-0.2, -0.15) is 0 Å². The molecule has 12 heavy (non-hydrogen) atoms. The Bertz CT molecular complexity index is 130. The van der Waals surface area contributed by atoms with Gasteiger partial charge in [-0.3, -0.25) is 4.90 Å². The monoisotopic (exact) mass is 171 g/mol. The Balaban J connectivity index is 2.01. The Labute approximate surface area is 73.6 Å². The fraction of sp³-hybridized carbons (Fsp3) is 0.778. The van der Waals surface area contributed by atoms with Crippen LogP contribution < -0.4 is 0 Å². The summed E-state index contributed by atoms with van der Waals surface area (Å²) >= 11 is 0. The summed E-state index contributed by atoms with van der Waals surface area (Å²) in [6.07, 6.45) is 4.84. The fourth-order valence-corrected chi connectivity index (χ4v) is 1.27. The number of rotatable bonds is 4. The minimum Gasteiger partial charge on any atom is -0.392 e. The molecular formula is C9H17NO2. The molecule has 3 heteroatoms. The van der Waals surface area contributed by atoms with Crippen LogP contribution in [0.2, 0.25) is 0 Å². The maximum Gasteiger partial charge on any atom is 0.0612 e. The van der Waals surface area contributed by atoms with Gasteiger partial charge in [-0.15, -0.1) is 0 Å². The molecule has 0 bridgehead atoms. The summed E-state index contributed by atoms with van der Waals surface area (Å²) < 4.78 is 5.23. The molecule has 0 atom stereocenters. The Hall–Kier alpha value is -0.380. The number of aliphatic hydroxyl groups is 1. The average Bonchev–Trinajstić information content (AvgIpc) is 2.14. The Morgan fingerprint density at radius 3 is 2.67 bits per heavy atom. The first-order chi connectivity index (χ1) is 5.93. The first-order valence-electron chi connectivity index (χ1n) is 4.49. The second-order valence-corrected chi connectivity index (χ2v) is 2.90. The van der Waals surface area contributed by atoms with Gasteiger partial charge in [0, 0.05) is 19.6 Å². The zero-order valence-electron chi connectivity index (χ0n) is 7.41. The van der Waals surface area contributed by atoms with Crippen LogP contribution in [0.3, 0.4) is 0 Å². The zero-order valence-corrected chi connectivity index (χ0v) is 7.41. The van der Waals surface area contributed by atoms with Gasteiger partial charge in [0.25, 0.3) is 0 Å². The molecule has 0 radical (unpaired) electrons.